The maximum atomic E-state index is 5.82. The summed E-state index contributed by atoms with van der Waals surface area (Å²) in [5.74, 6) is 1.73. The molecule has 0 fully saturated rings. The van der Waals surface area contributed by atoms with Crippen LogP contribution in [0.1, 0.15) is 29.3 Å². The summed E-state index contributed by atoms with van der Waals surface area (Å²) in [4.78, 5) is 8.22. The Morgan fingerprint density at radius 3 is 2.74 bits per heavy atom. The molecule has 34 heavy (non-hydrogen) atoms. The number of hydrogen-bond donors (Lipinski definition) is 1. The molecule has 0 amide bonds. The van der Waals surface area contributed by atoms with E-state index in [2.05, 4.69) is 51.9 Å². The summed E-state index contributed by atoms with van der Waals surface area (Å²) in [6, 6.07) is 21.9. The first kappa shape index (κ1) is 22.3. The normalized spacial score (nSPS) is 16.0. The lowest BCUT2D eigenvalue weighted by molar-refractivity contribution is 0.397. The molecule has 1 unspecified atom stereocenters. The summed E-state index contributed by atoms with van der Waals surface area (Å²) in [6.07, 6.45) is 0.902. The van der Waals surface area contributed by atoms with Gasteiger partial charge in [0.15, 0.2) is 5.11 Å². The molecular weight excluding hydrogens is 464 g/mol. The molecule has 4 aromatic rings. The second kappa shape index (κ2) is 9.79. The van der Waals surface area contributed by atoms with E-state index in [9.17, 15) is 0 Å². The van der Waals surface area contributed by atoms with Crippen molar-refractivity contribution < 1.29 is 9.26 Å². The number of allylic oxidation sites excluding steroid dienone is 1. The Labute approximate surface area is 207 Å². The Bertz CT molecular complexity index is 1320. The third-order valence-corrected chi connectivity index (χ3v) is 7.15. The highest BCUT2D eigenvalue weighted by atomic mass is 32.1. The first-order chi connectivity index (χ1) is 16.6. The van der Waals surface area contributed by atoms with E-state index >= 15 is 0 Å². The highest BCUT2D eigenvalue weighted by Gasteiger charge is 2.34. The molecule has 1 aliphatic heterocycles. The van der Waals surface area contributed by atoms with Crippen molar-refractivity contribution in [2.75, 3.05) is 13.7 Å². The van der Waals surface area contributed by atoms with Gasteiger partial charge in [0.05, 0.1) is 18.7 Å². The molecule has 0 saturated carbocycles. The fraction of sp³-hybridized carbons (Fsp3) is 0.192. The average molecular weight is 489 g/mol. The van der Waals surface area contributed by atoms with E-state index in [1.54, 1.807) is 18.4 Å². The summed E-state index contributed by atoms with van der Waals surface area (Å²) in [5.41, 5.74) is 3.85. The van der Waals surface area contributed by atoms with Gasteiger partial charge in [0.1, 0.15) is 5.75 Å². The number of methoxy groups -OCH3 is 1. The van der Waals surface area contributed by atoms with Gasteiger partial charge in [0.25, 0.3) is 5.89 Å². The number of hydrogen-bond acceptors (Lipinski definition) is 6. The summed E-state index contributed by atoms with van der Waals surface area (Å²) < 4.78 is 11.2. The number of thiocarbonyl (C=S) groups is 1. The SMILES string of the molecule is COc1cccc(-c2noc(C3=C(C)N(CCc4cccs4)C(=S)NC3c3ccccc3)n2)c1. The van der Waals surface area contributed by atoms with E-state index in [4.69, 9.17) is 26.5 Å². The first-order valence-electron chi connectivity index (χ1n) is 11.0. The molecule has 0 radical (unpaired) electrons. The molecular formula is C26H24N4O2S2. The summed E-state index contributed by atoms with van der Waals surface area (Å²) in [6.45, 7) is 2.84. The zero-order valence-corrected chi connectivity index (χ0v) is 20.5. The fourth-order valence-corrected chi connectivity index (χ4v) is 5.16. The van der Waals surface area contributed by atoms with Crippen molar-refractivity contribution in [1.82, 2.24) is 20.4 Å². The van der Waals surface area contributed by atoms with E-state index in [1.165, 1.54) is 4.88 Å². The molecule has 3 heterocycles. The van der Waals surface area contributed by atoms with E-state index in [1.807, 2.05) is 42.5 Å². The molecule has 1 atom stereocenters. The Morgan fingerprint density at radius 1 is 1.12 bits per heavy atom. The van der Waals surface area contributed by atoms with E-state index in [0.29, 0.717) is 16.8 Å². The topological polar surface area (TPSA) is 63.4 Å². The number of benzene rings is 2. The van der Waals surface area contributed by atoms with Crippen LogP contribution in [-0.4, -0.2) is 33.8 Å². The van der Waals surface area contributed by atoms with E-state index in [0.717, 1.165) is 41.1 Å². The van der Waals surface area contributed by atoms with Crippen LogP contribution in [0.2, 0.25) is 0 Å². The Balaban J connectivity index is 1.54. The molecule has 1 aliphatic rings. The fourth-order valence-electron chi connectivity index (χ4n) is 4.11. The minimum atomic E-state index is -0.190. The predicted molar refractivity (Wildman–Crippen MR) is 139 cm³/mol. The summed E-state index contributed by atoms with van der Waals surface area (Å²) in [5, 5.41) is 10.6. The average Bonchev–Trinajstić information content (AvgIpc) is 3.57. The molecule has 8 heteroatoms. The standard InChI is InChI=1S/C26H24N4O2S2/c1-17-22(25-28-24(29-32-25)19-10-6-11-20(16-19)31-2)23(18-8-4-3-5-9-18)27-26(33)30(17)14-13-21-12-7-15-34-21/h3-12,15-16,23H,13-14H2,1-2H3,(H,27,33). The molecule has 0 spiro atoms. The van der Waals surface area contributed by atoms with Crippen LogP contribution >= 0.6 is 23.6 Å². The minimum Gasteiger partial charge on any atom is -0.497 e. The smallest absolute Gasteiger partial charge is 0.258 e. The molecule has 6 nitrogen and oxygen atoms in total. The van der Waals surface area contributed by atoms with Crippen LogP contribution in [0, 0.1) is 0 Å². The molecule has 0 bridgehead atoms. The number of thiophene rings is 1. The number of aromatic nitrogens is 2. The lowest BCUT2D eigenvalue weighted by Gasteiger charge is -2.37. The molecule has 5 rings (SSSR count). The summed E-state index contributed by atoms with van der Waals surface area (Å²) in [7, 11) is 1.64. The highest BCUT2D eigenvalue weighted by Crippen LogP contribution is 2.37. The Morgan fingerprint density at radius 2 is 1.97 bits per heavy atom. The number of nitrogens with one attached hydrogen (secondary N) is 1. The van der Waals surface area contributed by atoms with Crippen molar-refractivity contribution in [2.24, 2.45) is 0 Å². The highest BCUT2D eigenvalue weighted by molar-refractivity contribution is 7.80. The van der Waals surface area contributed by atoms with Gasteiger partial charge in [-0.2, -0.15) is 4.98 Å². The predicted octanol–water partition coefficient (Wildman–Crippen LogP) is 5.71. The van der Waals surface area contributed by atoms with E-state index in [-0.39, 0.29) is 6.04 Å². The van der Waals surface area contributed by atoms with Crippen LogP contribution in [-0.2, 0) is 6.42 Å². The lowest BCUT2D eigenvalue weighted by atomic mass is 9.95. The van der Waals surface area contributed by atoms with Gasteiger partial charge in [-0.1, -0.05) is 53.7 Å². The van der Waals surface area contributed by atoms with Gasteiger partial charge in [-0.3, -0.25) is 0 Å². The van der Waals surface area contributed by atoms with Crippen LogP contribution in [0.5, 0.6) is 5.75 Å². The number of ether oxygens (including phenoxy) is 1. The second-order valence-electron chi connectivity index (χ2n) is 7.93. The summed E-state index contributed by atoms with van der Waals surface area (Å²) >= 11 is 7.55. The van der Waals surface area contributed by atoms with Gasteiger partial charge in [-0.05, 0) is 54.7 Å². The van der Waals surface area contributed by atoms with Gasteiger partial charge in [-0.15, -0.1) is 11.3 Å². The van der Waals surface area contributed by atoms with Gasteiger partial charge in [0.2, 0.25) is 5.82 Å². The van der Waals surface area contributed by atoms with E-state index < -0.39 is 0 Å². The molecule has 172 valence electrons. The van der Waals surface area contributed by atoms with Crippen molar-refractivity contribution >= 4 is 34.2 Å². The maximum absolute atomic E-state index is 5.82. The van der Waals surface area contributed by atoms with Crippen molar-refractivity contribution in [2.45, 2.75) is 19.4 Å². The molecule has 0 aliphatic carbocycles. The first-order valence-corrected chi connectivity index (χ1v) is 12.3. The second-order valence-corrected chi connectivity index (χ2v) is 9.35. The zero-order chi connectivity index (χ0) is 23.5. The number of rotatable bonds is 7. The largest absolute Gasteiger partial charge is 0.497 e. The van der Waals surface area contributed by atoms with Crippen molar-refractivity contribution in [1.29, 1.82) is 0 Å². The van der Waals surface area contributed by atoms with Gasteiger partial charge in [0, 0.05) is 22.7 Å². The van der Waals surface area contributed by atoms with Crippen molar-refractivity contribution in [3.05, 3.63) is 94.1 Å². The van der Waals surface area contributed by atoms with Gasteiger partial charge in [-0.25, -0.2) is 0 Å². The third kappa shape index (κ3) is 4.47. The third-order valence-electron chi connectivity index (χ3n) is 5.88. The van der Waals surface area contributed by atoms with Crippen LogP contribution in [0.4, 0.5) is 0 Å². The van der Waals surface area contributed by atoms with Gasteiger partial charge < -0.3 is 19.5 Å². The quantitative estimate of drug-likeness (QED) is 0.334. The zero-order valence-electron chi connectivity index (χ0n) is 18.9. The molecule has 2 aromatic carbocycles. The monoisotopic (exact) mass is 488 g/mol. The van der Waals surface area contributed by atoms with Crippen LogP contribution in [0.3, 0.4) is 0 Å². The van der Waals surface area contributed by atoms with Crippen LogP contribution in [0.25, 0.3) is 17.0 Å². The molecule has 2 aromatic heterocycles. The van der Waals surface area contributed by atoms with Crippen molar-refractivity contribution in [3.8, 4) is 17.1 Å². The minimum absolute atomic E-state index is 0.190. The molecule has 0 saturated heterocycles. The van der Waals surface area contributed by atoms with Crippen LogP contribution < -0.4 is 10.1 Å². The lowest BCUT2D eigenvalue weighted by Crippen LogP contribution is -2.46. The number of nitrogens with zero attached hydrogens (tertiary/aromatic N) is 3. The van der Waals surface area contributed by atoms with Crippen LogP contribution in [0.15, 0.2) is 82.3 Å². The Hall–Kier alpha value is -3.49. The van der Waals surface area contributed by atoms with Gasteiger partial charge >= 0.3 is 0 Å². The maximum Gasteiger partial charge on any atom is 0.258 e. The molecule has 1 N–H and O–H groups in total. The van der Waals surface area contributed by atoms with Crippen molar-refractivity contribution in [3.63, 3.8) is 0 Å². The Kier molecular flexibility index (Phi) is 6.42.